The summed E-state index contributed by atoms with van der Waals surface area (Å²) in [6.45, 7) is 1.97. The van der Waals surface area contributed by atoms with Crippen molar-refractivity contribution in [2.75, 3.05) is 0 Å². The molecule has 4 heteroatoms. The Morgan fingerprint density at radius 2 is 1.94 bits per heavy atom. The van der Waals surface area contributed by atoms with Gasteiger partial charge in [-0.05, 0) is 29.8 Å². The largest absolute Gasteiger partial charge is 0.544 e. The van der Waals surface area contributed by atoms with Gasteiger partial charge < -0.3 is 20.3 Å². The second-order valence-electron chi connectivity index (χ2n) is 4.38. The third-order valence-corrected chi connectivity index (χ3v) is 3.01. The van der Waals surface area contributed by atoms with Crippen molar-refractivity contribution in [3.8, 4) is 5.75 Å². The fourth-order valence-electron chi connectivity index (χ4n) is 1.84. The van der Waals surface area contributed by atoms with Crippen LogP contribution < -0.4 is 10.4 Å². The van der Waals surface area contributed by atoms with Crippen LogP contribution in [0.1, 0.15) is 12.5 Å². The maximum absolute atomic E-state index is 10.6. The number of hydrogen-bond donors (Lipinski definition) is 2. The van der Waals surface area contributed by atoms with E-state index >= 15 is 0 Å². The summed E-state index contributed by atoms with van der Waals surface area (Å²) in [5.74, 6) is -0.911. The van der Waals surface area contributed by atoms with Crippen LogP contribution in [-0.4, -0.2) is 17.1 Å². The molecule has 3 N–H and O–H groups in total. The van der Waals surface area contributed by atoms with Crippen LogP contribution in [0.3, 0.4) is 0 Å². The van der Waals surface area contributed by atoms with Crippen LogP contribution in [-0.2, 0) is 11.3 Å². The molecule has 0 spiro atoms. The van der Waals surface area contributed by atoms with E-state index in [9.17, 15) is 15.0 Å². The first-order valence-electron chi connectivity index (χ1n) is 5.83. The third-order valence-electron chi connectivity index (χ3n) is 3.01. The zero-order valence-corrected chi connectivity index (χ0v) is 10.1. The summed E-state index contributed by atoms with van der Waals surface area (Å²) in [6.07, 6.45) is 0. The molecule has 0 heterocycles. The molecule has 0 aliphatic heterocycles. The molecule has 94 valence electrons. The minimum atomic E-state index is -1.10. The van der Waals surface area contributed by atoms with E-state index < -0.39 is 12.0 Å². The molecule has 1 atom stereocenters. The molecule has 4 nitrogen and oxygen atoms in total. The number of nitrogens with two attached hydrogens (primary N) is 1. The molecule has 0 saturated carbocycles. The van der Waals surface area contributed by atoms with E-state index in [4.69, 9.17) is 0 Å². The van der Waals surface area contributed by atoms with Crippen LogP contribution in [0.25, 0.3) is 10.8 Å². The first-order chi connectivity index (χ1) is 8.58. The highest BCUT2D eigenvalue weighted by Crippen LogP contribution is 2.24. The predicted molar refractivity (Wildman–Crippen MR) is 65.7 cm³/mol. The Labute approximate surface area is 105 Å². The Bertz CT molecular complexity index is 580. The zero-order chi connectivity index (χ0) is 13.1. The van der Waals surface area contributed by atoms with E-state index in [0.717, 1.165) is 16.3 Å². The second-order valence-corrected chi connectivity index (χ2v) is 4.38. The molecule has 0 aliphatic rings. The average Bonchev–Trinajstić information content (AvgIpc) is 2.35. The van der Waals surface area contributed by atoms with E-state index in [1.165, 1.54) is 0 Å². The van der Waals surface area contributed by atoms with Crippen molar-refractivity contribution in [1.82, 2.24) is 0 Å². The summed E-state index contributed by atoms with van der Waals surface area (Å²) in [4.78, 5) is 10.6. The smallest absolute Gasteiger partial charge is 0.125 e. The van der Waals surface area contributed by atoms with Gasteiger partial charge in [0.25, 0.3) is 0 Å². The van der Waals surface area contributed by atoms with Gasteiger partial charge in [0.1, 0.15) is 18.3 Å². The molecule has 0 unspecified atom stereocenters. The highest BCUT2D eigenvalue weighted by Gasteiger charge is 2.09. The number of carbonyl (C=O) groups excluding carboxylic acids is 1. The van der Waals surface area contributed by atoms with Crippen molar-refractivity contribution in [2.45, 2.75) is 19.5 Å². The molecule has 0 amide bonds. The van der Waals surface area contributed by atoms with Crippen molar-refractivity contribution >= 4 is 16.7 Å². The minimum Gasteiger partial charge on any atom is -0.544 e. The first-order valence-corrected chi connectivity index (χ1v) is 5.83. The molecule has 0 aliphatic carbocycles. The fourth-order valence-corrected chi connectivity index (χ4v) is 1.84. The molecule has 0 bridgehead atoms. The molecule has 0 radical (unpaired) electrons. The zero-order valence-electron chi connectivity index (χ0n) is 10.1. The highest BCUT2D eigenvalue weighted by atomic mass is 16.4. The molecule has 0 saturated heterocycles. The number of phenols is 1. The Morgan fingerprint density at radius 1 is 1.33 bits per heavy atom. The number of carboxylic acids is 1. The summed E-state index contributed by atoms with van der Waals surface area (Å²) in [5, 5.41) is 24.1. The average molecular weight is 245 g/mol. The van der Waals surface area contributed by atoms with Crippen molar-refractivity contribution in [1.29, 1.82) is 0 Å². The summed E-state index contributed by atoms with van der Waals surface area (Å²) < 4.78 is 0. The molecular formula is C14H15NO3. The van der Waals surface area contributed by atoms with Gasteiger partial charge in [-0.1, -0.05) is 24.3 Å². The van der Waals surface area contributed by atoms with Gasteiger partial charge in [-0.15, -0.1) is 0 Å². The van der Waals surface area contributed by atoms with Gasteiger partial charge in [-0.2, -0.15) is 0 Å². The number of aliphatic carboxylic acids is 1. The quantitative estimate of drug-likeness (QED) is 0.779. The van der Waals surface area contributed by atoms with Crippen LogP contribution in [0.4, 0.5) is 0 Å². The Balaban J connectivity index is 2.23. The van der Waals surface area contributed by atoms with E-state index in [1.807, 2.05) is 30.3 Å². The normalized spacial score (nSPS) is 12.5. The maximum atomic E-state index is 10.6. The van der Waals surface area contributed by atoms with Crippen molar-refractivity contribution in [2.24, 2.45) is 0 Å². The SMILES string of the molecule is C[C@H]([NH2+]Cc1cc2ccccc2cc1O)C(=O)[O-]. The second kappa shape index (κ2) is 5.06. The van der Waals surface area contributed by atoms with Gasteiger partial charge in [-0.25, -0.2) is 0 Å². The number of fused-ring (bicyclic) bond motifs is 1. The van der Waals surface area contributed by atoms with E-state index in [0.29, 0.717) is 6.54 Å². The Kier molecular flexibility index (Phi) is 3.48. The number of aromatic hydroxyl groups is 1. The number of phenolic OH excluding ortho intramolecular Hbond substituents is 1. The lowest BCUT2D eigenvalue weighted by Crippen LogP contribution is -2.90. The van der Waals surface area contributed by atoms with Gasteiger partial charge in [-0.3, -0.25) is 0 Å². The predicted octanol–water partition coefficient (Wildman–Crippen LogP) is -0.253. The van der Waals surface area contributed by atoms with Crippen LogP contribution in [0.2, 0.25) is 0 Å². The summed E-state index contributed by atoms with van der Waals surface area (Å²) >= 11 is 0. The van der Waals surface area contributed by atoms with E-state index in [1.54, 1.807) is 18.3 Å². The van der Waals surface area contributed by atoms with Gasteiger partial charge in [0.05, 0.1) is 5.97 Å². The molecule has 2 aromatic rings. The lowest BCUT2D eigenvalue weighted by Gasteiger charge is -2.12. The molecule has 0 fully saturated rings. The van der Waals surface area contributed by atoms with Gasteiger partial charge in [0, 0.05) is 5.56 Å². The van der Waals surface area contributed by atoms with Crippen LogP contribution in [0, 0.1) is 0 Å². The van der Waals surface area contributed by atoms with Gasteiger partial charge >= 0.3 is 0 Å². The minimum absolute atomic E-state index is 0.190. The molecule has 2 aromatic carbocycles. The van der Waals surface area contributed by atoms with Gasteiger partial charge in [0.15, 0.2) is 0 Å². The van der Waals surface area contributed by atoms with Crippen molar-refractivity contribution in [3.63, 3.8) is 0 Å². The summed E-state index contributed by atoms with van der Waals surface area (Å²) in [7, 11) is 0. The molecule has 0 aromatic heterocycles. The van der Waals surface area contributed by atoms with Gasteiger partial charge in [0.2, 0.25) is 0 Å². The number of quaternary nitrogens is 1. The van der Waals surface area contributed by atoms with Crippen LogP contribution >= 0.6 is 0 Å². The number of carboxylic acid groups (broad SMARTS) is 1. The van der Waals surface area contributed by atoms with Crippen molar-refractivity contribution in [3.05, 3.63) is 42.0 Å². The standard InChI is InChI=1S/C14H15NO3/c1-9(14(17)18)15-8-12-6-10-4-2-3-5-11(10)7-13(12)16/h2-7,9,15-16H,8H2,1H3,(H,17,18)/t9-/m0/s1. The van der Waals surface area contributed by atoms with E-state index in [-0.39, 0.29) is 5.75 Å². The Hall–Kier alpha value is -2.07. The monoisotopic (exact) mass is 245 g/mol. The number of hydrogen-bond acceptors (Lipinski definition) is 3. The van der Waals surface area contributed by atoms with Crippen molar-refractivity contribution < 1.29 is 20.3 Å². The maximum Gasteiger partial charge on any atom is 0.125 e. The number of carbonyl (C=O) groups is 1. The highest BCUT2D eigenvalue weighted by molar-refractivity contribution is 5.84. The fraction of sp³-hybridized carbons (Fsp3) is 0.214. The number of benzene rings is 2. The van der Waals surface area contributed by atoms with Crippen LogP contribution in [0.5, 0.6) is 5.75 Å². The van der Waals surface area contributed by atoms with Crippen LogP contribution in [0.15, 0.2) is 36.4 Å². The number of rotatable bonds is 4. The Morgan fingerprint density at radius 3 is 2.56 bits per heavy atom. The van der Waals surface area contributed by atoms with E-state index in [2.05, 4.69) is 0 Å². The topological polar surface area (TPSA) is 77.0 Å². The summed E-state index contributed by atoms with van der Waals surface area (Å²) in [6, 6.07) is 10.7. The first kappa shape index (κ1) is 12.4. The molecule has 18 heavy (non-hydrogen) atoms. The molecule has 2 rings (SSSR count). The lowest BCUT2D eigenvalue weighted by molar-refractivity contribution is -0.695. The third kappa shape index (κ3) is 2.60. The summed E-state index contributed by atoms with van der Waals surface area (Å²) in [5.41, 5.74) is 0.724. The molecular weight excluding hydrogens is 230 g/mol. The lowest BCUT2D eigenvalue weighted by atomic mass is 10.1.